The van der Waals surface area contributed by atoms with Gasteiger partial charge in [-0.1, -0.05) is 12.5 Å². The molecule has 0 N–H and O–H groups in total. The molecule has 10 heavy (non-hydrogen) atoms. The molecule has 0 amide bonds. The van der Waals surface area contributed by atoms with Gasteiger partial charge in [-0.15, -0.1) is 0 Å². The Hall–Kier alpha value is -0.790. The fourth-order valence-electron chi connectivity index (χ4n) is 1.20. The van der Waals surface area contributed by atoms with E-state index in [9.17, 15) is 9.90 Å². The number of carbonyl (C=O) groups is 1. The Balaban J connectivity index is 2.54. The van der Waals surface area contributed by atoms with Crippen LogP contribution in [0, 0.1) is 0 Å². The molecule has 1 aliphatic rings. The van der Waals surface area contributed by atoms with Gasteiger partial charge in [0, 0.05) is 0 Å². The Labute approximate surface area is 60.6 Å². The van der Waals surface area contributed by atoms with E-state index in [0.717, 1.165) is 25.7 Å². The van der Waals surface area contributed by atoms with E-state index in [1.54, 1.807) is 6.08 Å². The van der Waals surface area contributed by atoms with Crippen molar-refractivity contribution in [3.63, 3.8) is 0 Å². The minimum atomic E-state index is -0.984. The van der Waals surface area contributed by atoms with Crippen LogP contribution in [0.15, 0.2) is 11.6 Å². The highest BCUT2D eigenvalue weighted by Gasteiger charge is 2.01. The van der Waals surface area contributed by atoms with Crippen molar-refractivity contribution in [3.05, 3.63) is 11.6 Å². The lowest BCUT2D eigenvalue weighted by molar-refractivity contribution is -0.299. The minimum absolute atomic E-state index is 0.498. The summed E-state index contributed by atoms with van der Waals surface area (Å²) in [6.07, 6.45) is 6.66. The van der Waals surface area contributed by atoms with Crippen molar-refractivity contribution in [1.29, 1.82) is 0 Å². The highest BCUT2D eigenvalue weighted by Crippen LogP contribution is 2.15. The zero-order valence-electron chi connectivity index (χ0n) is 5.93. The van der Waals surface area contributed by atoms with Crippen molar-refractivity contribution >= 4 is 5.97 Å². The van der Waals surface area contributed by atoms with Crippen LogP contribution in [0.1, 0.15) is 32.1 Å². The molecule has 1 aliphatic carbocycles. The van der Waals surface area contributed by atoms with Crippen molar-refractivity contribution in [2.75, 3.05) is 0 Å². The van der Waals surface area contributed by atoms with Crippen molar-refractivity contribution in [2.45, 2.75) is 32.1 Å². The minimum Gasteiger partial charge on any atom is -0.545 e. The van der Waals surface area contributed by atoms with Gasteiger partial charge in [0.2, 0.25) is 0 Å². The predicted molar refractivity (Wildman–Crippen MR) is 36.2 cm³/mol. The molecule has 0 atom stereocenters. The number of hydrogen-bond acceptors (Lipinski definition) is 2. The van der Waals surface area contributed by atoms with Crippen molar-refractivity contribution in [1.82, 2.24) is 0 Å². The normalized spacial score (nSPS) is 19.4. The number of carboxylic acid groups (broad SMARTS) is 1. The molecule has 0 aromatic rings. The zero-order valence-corrected chi connectivity index (χ0v) is 5.93. The van der Waals surface area contributed by atoms with E-state index in [0.29, 0.717) is 12.0 Å². The van der Waals surface area contributed by atoms with Gasteiger partial charge in [-0.05, 0) is 31.3 Å². The molecule has 0 heterocycles. The third-order valence-corrected chi connectivity index (χ3v) is 1.80. The van der Waals surface area contributed by atoms with Crippen LogP contribution in [0.3, 0.4) is 0 Å². The number of carboxylic acids is 1. The summed E-state index contributed by atoms with van der Waals surface area (Å²) in [7, 11) is 0. The van der Waals surface area contributed by atoms with Crippen LogP contribution >= 0.6 is 0 Å². The third kappa shape index (κ3) is 1.87. The third-order valence-electron chi connectivity index (χ3n) is 1.80. The van der Waals surface area contributed by atoms with Gasteiger partial charge in [0.25, 0.3) is 0 Å². The molecule has 0 saturated carbocycles. The predicted octanol–water partition coefficient (Wildman–Crippen LogP) is 0.627. The van der Waals surface area contributed by atoms with Crippen molar-refractivity contribution in [2.24, 2.45) is 0 Å². The van der Waals surface area contributed by atoms with E-state index in [2.05, 4.69) is 0 Å². The maximum atomic E-state index is 10.3. The van der Waals surface area contributed by atoms with Gasteiger partial charge >= 0.3 is 0 Å². The molecule has 0 unspecified atom stereocenters. The van der Waals surface area contributed by atoms with Crippen LogP contribution in [0.25, 0.3) is 0 Å². The summed E-state index contributed by atoms with van der Waals surface area (Å²) < 4.78 is 0. The van der Waals surface area contributed by atoms with Gasteiger partial charge in [-0.25, -0.2) is 0 Å². The largest absolute Gasteiger partial charge is 0.545 e. The molecule has 0 spiro atoms. The van der Waals surface area contributed by atoms with E-state index < -0.39 is 5.97 Å². The second kappa shape index (κ2) is 3.40. The summed E-state index contributed by atoms with van der Waals surface area (Å²) in [6.45, 7) is 0. The number of allylic oxidation sites excluding steroid dienone is 1. The van der Waals surface area contributed by atoms with Gasteiger partial charge in [0.1, 0.15) is 0 Å². The Morgan fingerprint density at radius 2 is 2.20 bits per heavy atom. The lowest BCUT2D eigenvalue weighted by Crippen LogP contribution is -2.24. The first-order chi connectivity index (χ1) is 4.80. The molecule has 2 nitrogen and oxygen atoms in total. The maximum Gasteiger partial charge on any atom is 0.0671 e. The summed E-state index contributed by atoms with van der Waals surface area (Å²) in [5.41, 5.74) is 0.498. The molecule has 0 radical (unpaired) electrons. The highest BCUT2D eigenvalue weighted by atomic mass is 16.4. The van der Waals surface area contributed by atoms with Crippen LogP contribution in [0.2, 0.25) is 0 Å². The molecule has 2 heteroatoms. The molecule has 56 valence electrons. The van der Waals surface area contributed by atoms with Crippen LogP contribution in [-0.2, 0) is 4.79 Å². The van der Waals surface area contributed by atoms with Crippen molar-refractivity contribution < 1.29 is 9.90 Å². The number of aliphatic carboxylic acids is 1. The van der Waals surface area contributed by atoms with Gasteiger partial charge in [-0.2, -0.15) is 0 Å². The molecule has 0 aliphatic heterocycles. The van der Waals surface area contributed by atoms with E-state index in [1.165, 1.54) is 0 Å². The monoisotopic (exact) mass is 139 g/mol. The first-order valence-electron chi connectivity index (χ1n) is 3.71. The van der Waals surface area contributed by atoms with Crippen LogP contribution in [0.5, 0.6) is 0 Å². The van der Waals surface area contributed by atoms with E-state index in [1.807, 2.05) is 0 Å². The average Bonchev–Trinajstić information content (AvgIpc) is 2.12. The molecule has 0 aromatic carbocycles. The summed E-state index contributed by atoms with van der Waals surface area (Å²) in [4.78, 5) is 10.3. The van der Waals surface area contributed by atoms with E-state index in [-0.39, 0.29) is 0 Å². The zero-order chi connectivity index (χ0) is 7.40. The number of hydrogen-bond donors (Lipinski definition) is 0. The van der Waals surface area contributed by atoms with E-state index >= 15 is 0 Å². The Morgan fingerprint density at radius 1 is 1.40 bits per heavy atom. The summed E-state index contributed by atoms with van der Waals surface area (Å²) >= 11 is 0. The van der Waals surface area contributed by atoms with Gasteiger partial charge in [-0.3, -0.25) is 0 Å². The molecule has 0 aromatic heterocycles. The number of carbonyl (C=O) groups excluding carboxylic acids is 1. The van der Waals surface area contributed by atoms with Gasteiger partial charge in [0.15, 0.2) is 0 Å². The topological polar surface area (TPSA) is 40.1 Å². The first kappa shape index (κ1) is 7.32. The quantitative estimate of drug-likeness (QED) is 0.534. The standard InChI is InChI=1S/C8H12O2/c9-8(10)7-5-3-1-2-4-6-7/h5H,1-4,6H2,(H,9,10)/p-1. The summed E-state index contributed by atoms with van der Waals surface area (Å²) in [6, 6.07) is 0. The molecular formula is C8H11O2-. The van der Waals surface area contributed by atoms with Crippen LogP contribution in [-0.4, -0.2) is 5.97 Å². The maximum absolute atomic E-state index is 10.3. The Morgan fingerprint density at radius 3 is 2.90 bits per heavy atom. The lowest BCUT2D eigenvalue weighted by Gasteiger charge is -2.03. The van der Waals surface area contributed by atoms with E-state index in [4.69, 9.17) is 0 Å². The first-order valence-corrected chi connectivity index (χ1v) is 3.71. The molecule has 0 bridgehead atoms. The summed E-state index contributed by atoms with van der Waals surface area (Å²) in [5, 5.41) is 10.3. The highest BCUT2D eigenvalue weighted by molar-refractivity contribution is 5.84. The second-order valence-electron chi connectivity index (χ2n) is 2.62. The fraction of sp³-hybridized carbons (Fsp3) is 0.625. The molecule has 1 rings (SSSR count). The van der Waals surface area contributed by atoms with Gasteiger partial charge < -0.3 is 9.90 Å². The lowest BCUT2D eigenvalue weighted by atomic mass is 10.1. The smallest absolute Gasteiger partial charge is 0.0671 e. The van der Waals surface area contributed by atoms with Gasteiger partial charge in [0.05, 0.1) is 5.97 Å². The molecule has 0 fully saturated rings. The fourth-order valence-corrected chi connectivity index (χ4v) is 1.20. The SMILES string of the molecule is O=C([O-])C1=CCCCCC1. The van der Waals surface area contributed by atoms with Crippen LogP contribution in [0.4, 0.5) is 0 Å². The van der Waals surface area contributed by atoms with Crippen molar-refractivity contribution in [3.8, 4) is 0 Å². The van der Waals surface area contributed by atoms with Crippen LogP contribution < -0.4 is 5.11 Å². The summed E-state index contributed by atoms with van der Waals surface area (Å²) in [5.74, 6) is -0.984. The Bertz CT molecular complexity index is 159. The second-order valence-corrected chi connectivity index (χ2v) is 2.62. The Kier molecular flexibility index (Phi) is 2.49. The number of rotatable bonds is 1. The molecule has 0 saturated heterocycles. The average molecular weight is 139 g/mol. The molecular weight excluding hydrogens is 128 g/mol.